The third-order valence-corrected chi connectivity index (χ3v) is 3.92. The number of nitrogens with zero attached hydrogens (tertiary/aromatic N) is 1. The fraction of sp³-hybridized carbons (Fsp3) is 0.333. The van der Waals surface area contributed by atoms with Crippen molar-refractivity contribution in [3.8, 4) is 0 Å². The molecule has 1 atom stereocenters. The molecule has 0 spiro atoms. The van der Waals surface area contributed by atoms with Gasteiger partial charge in [0.15, 0.2) is 5.60 Å². The molecule has 116 valence electrons. The number of fused-ring (bicyclic) bond motifs is 1. The Hall–Kier alpha value is -2.41. The summed E-state index contributed by atoms with van der Waals surface area (Å²) in [5.74, 6) is -1.35. The van der Waals surface area contributed by atoms with Crippen molar-refractivity contribution in [1.29, 1.82) is 0 Å². The number of hydrogen-bond acceptors (Lipinski definition) is 3. The van der Waals surface area contributed by atoms with Crippen LogP contribution in [0.3, 0.4) is 0 Å². The number of primary amides is 1. The van der Waals surface area contributed by atoms with Crippen LogP contribution in [-0.4, -0.2) is 47.0 Å². The number of rotatable bonds is 2. The third kappa shape index (κ3) is 2.33. The molecule has 7 heteroatoms. The number of nitrogens with one attached hydrogen (secondary N) is 1. The molecule has 3 N–H and O–H groups in total. The number of hydrogen-bond donors (Lipinski definition) is 2. The Kier molecular flexibility index (Phi) is 3.37. The highest BCUT2D eigenvalue weighted by atomic mass is 19.1. The summed E-state index contributed by atoms with van der Waals surface area (Å²) in [7, 11) is 0. The maximum absolute atomic E-state index is 13.7. The number of aromatic nitrogens is 1. The Morgan fingerprint density at radius 1 is 1.45 bits per heavy atom. The molecule has 1 unspecified atom stereocenters. The van der Waals surface area contributed by atoms with E-state index in [4.69, 9.17) is 10.5 Å². The van der Waals surface area contributed by atoms with Crippen molar-refractivity contribution in [2.75, 3.05) is 19.7 Å². The van der Waals surface area contributed by atoms with Gasteiger partial charge in [0.1, 0.15) is 11.5 Å². The van der Waals surface area contributed by atoms with Gasteiger partial charge in [-0.3, -0.25) is 9.59 Å². The first-order valence-corrected chi connectivity index (χ1v) is 6.91. The monoisotopic (exact) mass is 305 g/mol. The van der Waals surface area contributed by atoms with Crippen LogP contribution in [0.15, 0.2) is 24.3 Å². The van der Waals surface area contributed by atoms with Gasteiger partial charge in [0.2, 0.25) is 0 Å². The topological polar surface area (TPSA) is 88.4 Å². The number of morpholine rings is 1. The molecule has 0 aliphatic carbocycles. The minimum atomic E-state index is -1.20. The lowest BCUT2D eigenvalue weighted by molar-refractivity contribution is -0.150. The predicted molar refractivity (Wildman–Crippen MR) is 77.7 cm³/mol. The molecule has 2 amide bonds. The molecule has 1 fully saturated rings. The van der Waals surface area contributed by atoms with Crippen molar-refractivity contribution >= 4 is 22.7 Å². The molecular formula is C15H16FN3O3. The number of nitrogens with two attached hydrogens (primary N) is 1. The highest BCUT2D eigenvalue weighted by Gasteiger charge is 2.39. The first kappa shape index (κ1) is 14.5. The van der Waals surface area contributed by atoms with Crippen molar-refractivity contribution in [3.05, 3.63) is 35.8 Å². The second-order valence-electron chi connectivity index (χ2n) is 5.56. The number of carbonyl (C=O) groups excluding carboxylic acids is 2. The molecule has 1 saturated heterocycles. The Labute approximate surface area is 126 Å². The van der Waals surface area contributed by atoms with E-state index in [-0.39, 0.29) is 30.3 Å². The number of amides is 2. The predicted octanol–water partition coefficient (Wildman–Crippen LogP) is 1.02. The van der Waals surface area contributed by atoms with Crippen molar-refractivity contribution in [2.45, 2.75) is 12.5 Å². The van der Waals surface area contributed by atoms with Crippen molar-refractivity contribution in [2.24, 2.45) is 5.73 Å². The van der Waals surface area contributed by atoms with E-state index in [1.807, 2.05) is 0 Å². The lowest BCUT2D eigenvalue weighted by Crippen LogP contribution is -2.58. The molecule has 1 aromatic carbocycles. The van der Waals surface area contributed by atoms with E-state index in [9.17, 15) is 14.0 Å². The zero-order valence-corrected chi connectivity index (χ0v) is 12.1. The summed E-state index contributed by atoms with van der Waals surface area (Å²) in [6.45, 7) is 2.19. The van der Waals surface area contributed by atoms with E-state index < -0.39 is 17.3 Å². The van der Waals surface area contributed by atoms with E-state index >= 15 is 0 Å². The first-order valence-electron chi connectivity index (χ1n) is 6.91. The minimum absolute atomic E-state index is 0.0685. The fourth-order valence-electron chi connectivity index (χ4n) is 2.60. The molecule has 0 saturated carbocycles. The van der Waals surface area contributed by atoms with Crippen LogP contribution in [0.1, 0.15) is 17.4 Å². The normalized spacial score (nSPS) is 22.0. The van der Waals surface area contributed by atoms with Crippen LogP contribution in [0.4, 0.5) is 4.39 Å². The molecule has 22 heavy (non-hydrogen) atoms. The van der Waals surface area contributed by atoms with Gasteiger partial charge >= 0.3 is 0 Å². The Morgan fingerprint density at radius 3 is 2.91 bits per heavy atom. The summed E-state index contributed by atoms with van der Waals surface area (Å²) in [4.78, 5) is 28.3. The van der Waals surface area contributed by atoms with Gasteiger partial charge < -0.3 is 20.4 Å². The number of para-hydroxylation sites is 1. The average molecular weight is 305 g/mol. The van der Waals surface area contributed by atoms with Gasteiger partial charge in [-0.2, -0.15) is 0 Å². The second kappa shape index (κ2) is 5.10. The zero-order chi connectivity index (χ0) is 15.9. The van der Waals surface area contributed by atoms with E-state index in [2.05, 4.69) is 4.98 Å². The van der Waals surface area contributed by atoms with Gasteiger partial charge in [-0.1, -0.05) is 12.1 Å². The van der Waals surface area contributed by atoms with Crippen LogP contribution in [0.25, 0.3) is 10.9 Å². The number of H-pyrrole nitrogens is 1. The van der Waals surface area contributed by atoms with Gasteiger partial charge in [-0.15, -0.1) is 0 Å². The highest BCUT2D eigenvalue weighted by molar-refractivity contribution is 5.98. The van der Waals surface area contributed by atoms with Crippen LogP contribution in [0.5, 0.6) is 0 Å². The highest BCUT2D eigenvalue weighted by Crippen LogP contribution is 2.22. The Balaban J connectivity index is 1.89. The Bertz CT molecular complexity index is 758. The number of carbonyl (C=O) groups is 2. The number of halogens is 1. The molecule has 3 rings (SSSR count). The quantitative estimate of drug-likeness (QED) is 0.868. The van der Waals surface area contributed by atoms with Gasteiger partial charge in [-0.05, 0) is 19.1 Å². The molecule has 1 aliphatic heterocycles. The largest absolute Gasteiger partial charge is 0.367 e. The molecule has 6 nitrogen and oxygen atoms in total. The summed E-state index contributed by atoms with van der Waals surface area (Å²) >= 11 is 0. The summed E-state index contributed by atoms with van der Waals surface area (Å²) in [5, 5.41) is 0.620. The van der Waals surface area contributed by atoms with Crippen molar-refractivity contribution < 1.29 is 18.7 Å². The smallest absolute Gasteiger partial charge is 0.270 e. The van der Waals surface area contributed by atoms with Gasteiger partial charge in [0.05, 0.1) is 18.7 Å². The number of ether oxygens (including phenoxy) is 1. The maximum Gasteiger partial charge on any atom is 0.270 e. The van der Waals surface area contributed by atoms with Gasteiger partial charge in [-0.25, -0.2) is 4.39 Å². The average Bonchev–Trinajstić information content (AvgIpc) is 2.92. The van der Waals surface area contributed by atoms with E-state index in [0.717, 1.165) is 0 Å². The fourth-order valence-corrected chi connectivity index (χ4v) is 2.60. The van der Waals surface area contributed by atoms with Gasteiger partial charge in [0, 0.05) is 11.9 Å². The van der Waals surface area contributed by atoms with Crippen LogP contribution in [0.2, 0.25) is 0 Å². The molecule has 0 bridgehead atoms. The van der Waals surface area contributed by atoms with Crippen molar-refractivity contribution in [1.82, 2.24) is 9.88 Å². The van der Waals surface area contributed by atoms with Crippen molar-refractivity contribution in [3.63, 3.8) is 0 Å². The Morgan fingerprint density at radius 2 is 2.23 bits per heavy atom. The maximum atomic E-state index is 13.7. The SMILES string of the molecule is CC1(C(N)=O)CN(C(=O)c2cc3cccc(F)c3[nH]2)CCO1. The first-order chi connectivity index (χ1) is 10.4. The summed E-state index contributed by atoms with van der Waals surface area (Å²) in [6, 6.07) is 6.22. The second-order valence-corrected chi connectivity index (χ2v) is 5.56. The molecule has 2 heterocycles. The summed E-state index contributed by atoms with van der Waals surface area (Å²) < 4.78 is 19.1. The standard InChI is InChI=1S/C15H16FN3O3/c1-15(14(17)21)8-19(5-6-22-15)13(20)11-7-9-3-2-4-10(16)12(9)18-11/h2-4,7,18H,5-6,8H2,1H3,(H2,17,21). The van der Waals surface area contributed by atoms with E-state index in [1.54, 1.807) is 25.1 Å². The van der Waals surface area contributed by atoms with Crippen LogP contribution in [0, 0.1) is 5.82 Å². The third-order valence-electron chi connectivity index (χ3n) is 3.92. The van der Waals surface area contributed by atoms with Crippen LogP contribution < -0.4 is 5.73 Å². The van der Waals surface area contributed by atoms with E-state index in [0.29, 0.717) is 11.9 Å². The van der Waals surface area contributed by atoms with Gasteiger partial charge in [0.25, 0.3) is 11.8 Å². The van der Waals surface area contributed by atoms with Crippen LogP contribution >= 0.6 is 0 Å². The lowest BCUT2D eigenvalue weighted by Gasteiger charge is -2.38. The van der Waals surface area contributed by atoms with Crippen LogP contribution in [-0.2, 0) is 9.53 Å². The lowest BCUT2D eigenvalue weighted by atomic mass is 10.0. The number of aromatic amines is 1. The zero-order valence-electron chi connectivity index (χ0n) is 12.1. The minimum Gasteiger partial charge on any atom is -0.367 e. The summed E-state index contributed by atoms with van der Waals surface area (Å²) in [6.07, 6.45) is 0. The molecule has 1 aromatic heterocycles. The molecule has 2 aromatic rings. The van der Waals surface area contributed by atoms with E-state index in [1.165, 1.54) is 11.0 Å². The molecule has 0 radical (unpaired) electrons. The molecule has 1 aliphatic rings. The number of benzene rings is 1. The summed E-state index contributed by atoms with van der Waals surface area (Å²) in [5.41, 5.74) is 4.68. The molecular weight excluding hydrogens is 289 g/mol.